The van der Waals surface area contributed by atoms with Crippen molar-refractivity contribution in [2.45, 2.75) is 50.7 Å². The highest BCUT2D eigenvalue weighted by atomic mass is 31.2. The highest BCUT2D eigenvalue weighted by molar-refractivity contribution is 7.46. The predicted molar refractivity (Wildman–Crippen MR) is 148 cm³/mol. The molecule has 4 aromatic heterocycles. The molecule has 3 aliphatic heterocycles. The summed E-state index contributed by atoms with van der Waals surface area (Å²) in [5.74, 6) is -2.02. The average molecular weight is 684 g/mol. The zero-order chi connectivity index (χ0) is 32.7. The van der Waals surface area contributed by atoms with Crippen molar-refractivity contribution in [2.24, 2.45) is 11.8 Å². The quantitative estimate of drug-likeness (QED) is 0.170. The van der Waals surface area contributed by atoms with Gasteiger partial charge in [0.25, 0.3) is 26.8 Å². The Kier molecular flexibility index (Phi) is 7.44. The highest BCUT2D eigenvalue weighted by Gasteiger charge is 2.50. The second-order valence-electron chi connectivity index (χ2n) is 11.0. The third kappa shape index (κ3) is 5.35. The van der Waals surface area contributed by atoms with E-state index < -0.39 is 88.7 Å². The minimum atomic E-state index is -5.12. The number of nitrogen functional groups attached to an aromatic ring is 2. The van der Waals surface area contributed by atoms with Crippen LogP contribution in [0.15, 0.2) is 22.2 Å². The summed E-state index contributed by atoms with van der Waals surface area (Å²) >= 11 is 0. The normalized spacial score (nSPS) is 37.1. The van der Waals surface area contributed by atoms with E-state index in [1.54, 1.807) is 13.8 Å². The fraction of sp³-hybridized carbons (Fsp3) is 0.545. The Morgan fingerprint density at radius 3 is 1.57 bits per heavy atom. The summed E-state index contributed by atoms with van der Waals surface area (Å²) in [6.45, 7) is 1.70. The minimum absolute atomic E-state index is 0.0393. The number of nitrogens with two attached hydrogens (primary N) is 2. The van der Waals surface area contributed by atoms with E-state index in [2.05, 4.69) is 29.9 Å². The van der Waals surface area contributed by atoms with E-state index in [0.717, 1.165) is 0 Å². The molecule has 248 valence electrons. The number of hydrogen-bond donors (Lipinski definition) is 4. The van der Waals surface area contributed by atoms with E-state index in [1.807, 2.05) is 0 Å². The van der Waals surface area contributed by atoms with Crippen LogP contribution in [0, 0.1) is 11.8 Å². The molecule has 4 unspecified atom stereocenters. The van der Waals surface area contributed by atoms with Crippen LogP contribution in [0.4, 0.5) is 11.9 Å². The van der Waals surface area contributed by atoms with Crippen molar-refractivity contribution in [1.29, 1.82) is 0 Å². The molecule has 0 bridgehead atoms. The van der Waals surface area contributed by atoms with Crippen LogP contribution in [0.1, 0.15) is 26.3 Å². The summed E-state index contributed by atoms with van der Waals surface area (Å²) in [5.41, 5.74) is 10.1. The number of phosphoric acid groups is 2. The molecule has 0 radical (unpaired) electrons. The number of anilines is 2. The van der Waals surface area contributed by atoms with Crippen molar-refractivity contribution in [2.75, 3.05) is 24.7 Å². The molecular formula is C22H26N10O12P2-2. The first kappa shape index (κ1) is 31.1. The number of rotatable bonds is 2. The van der Waals surface area contributed by atoms with E-state index in [0.29, 0.717) is 0 Å². The first-order chi connectivity index (χ1) is 21.7. The molecule has 7 rings (SSSR count). The molecule has 3 fully saturated rings. The molecule has 22 nitrogen and oxygen atoms in total. The van der Waals surface area contributed by atoms with Crippen molar-refractivity contribution in [3.63, 3.8) is 0 Å². The zero-order valence-corrected chi connectivity index (χ0v) is 25.6. The van der Waals surface area contributed by atoms with Gasteiger partial charge in [-0.15, -0.1) is 0 Å². The SMILES string of the molecule is CC1[C@H]2OP(=O)([O-])OC[C@H]3O[C@@H](n4cnc5c(=O)[nH]c(N)nc54)C(C)[C@H]3OP(=O)([O-])OC[C@@H]2O[C@H]1n1cnc2c(=O)[nH]c(N)nc21. The first-order valence-corrected chi connectivity index (χ1v) is 16.7. The summed E-state index contributed by atoms with van der Waals surface area (Å²) < 4.78 is 62.2. The van der Waals surface area contributed by atoms with Crippen molar-refractivity contribution in [3.8, 4) is 0 Å². The van der Waals surface area contributed by atoms with Gasteiger partial charge in [0.2, 0.25) is 11.9 Å². The monoisotopic (exact) mass is 684 g/mol. The van der Waals surface area contributed by atoms with Gasteiger partial charge in [-0.1, -0.05) is 13.8 Å². The van der Waals surface area contributed by atoms with Gasteiger partial charge in [-0.3, -0.25) is 37.8 Å². The molecule has 7 heterocycles. The van der Waals surface area contributed by atoms with Crippen LogP contribution in [0.2, 0.25) is 0 Å². The van der Waals surface area contributed by atoms with Gasteiger partial charge < -0.3 is 48.8 Å². The summed E-state index contributed by atoms with van der Waals surface area (Å²) in [6, 6.07) is 0. The zero-order valence-electron chi connectivity index (χ0n) is 23.8. The molecule has 24 heteroatoms. The fourth-order valence-electron chi connectivity index (χ4n) is 5.94. The van der Waals surface area contributed by atoms with E-state index in [1.165, 1.54) is 21.8 Å². The minimum Gasteiger partial charge on any atom is -0.756 e. The molecule has 0 spiro atoms. The number of imidazole rings is 2. The lowest BCUT2D eigenvalue weighted by Gasteiger charge is -2.35. The smallest absolute Gasteiger partial charge is 0.280 e. The molecule has 3 aliphatic rings. The Morgan fingerprint density at radius 1 is 0.783 bits per heavy atom. The van der Waals surface area contributed by atoms with E-state index in [-0.39, 0.29) is 34.2 Å². The number of H-pyrrole nitrogens is 2. The fourth-order valence-corrected chi connectivity index (χ4v) is 7.98. The molecule has 0 aliphatic carbocycles. The highest BCUT2D eigenvalue weighted by Crippen LogP contribution is 2.52. The Labute approximate surface area is 256 Å². The van der Waals surface area contributed by atoms with E-state index in [9.17, 15) is 28.5 Å². The van der Waals surface area contributed by atoms with Crippen molar-refractivity contribution in [3.05, 3.63) is 33.4 Å². The molecule has 10 atom stereocenters. The van der Waals surface area contributed by atoms with Gasteiger partial charge in [0.05, 0.1) is 25.9 Å². The van der Waals surface area contributed by atoms with Crippen LogP contribution in [-0.2, 0) is 36.7 Å². The number of nitrogens with zero attached hydrogens (tertiary/aromatic N) is 6. The lowest BCUT2D eigenvalue weighted by molar-refractivity contribution is -0.243. The van der Waals surface area contributed by atoms with E-state index >= 15 is 0 Å². The van der Waals surface area contributed by atoms with Gasteiger partial charge in [-0.25, -0.2) is 9.97 Å². The molecule has 0 aromatic carbocycles. The maximum atomic E-state index is 13.1. The topological polar surface area (TPSA) is 315 Å². The molecule has 4 aromatic rings. The van der Waals surface area contributed by atoms with Gasteiger partial charge in [0.1, 0.15) is 36.9 Å². The molecule has 3 saturated heterocycles. The summed E-state index contributed by atoms with van der Waals surface area (Å²) in [4.78, 5) is 71.7. The number of fused-ring (bicyclic) bond motifs is 4. The Bertz CT molecular complexity index is 1900. The van der Waals surface area contributed by atoms with Crippen molar-refractivity contribution < 1.29 is 46.5 Å². The largest absolute Gasteiger partial charge is 0.756 e. The van der Waals surface area contributed by atoms with Crippen molar-refractivity contribution in [1.82, 2.24) is 39.0 Å². The van der Waals surface area contributed by atoms with Gasteiger partial charge in [-0.2, -0.15) is 9.97 Å². The third-order valence-corrected chi connectivity index (χ3v) is 9.98. The van der Waals surface area contributed by atoms with Crippen molar-refractivity contribution >= 4 is 49.9 Å². The summed E-state index contributed by atoms with van der Waals surface area (Å²) in [5, 5.41) is 0. The van der Waals surface area contributed by atoms with Crippen LogP contribution in [0.5, 0.6) is 0 Å². The third-order valence-electron chi connectivity index (χ3n) is 8.04. The second kappa shape index (κ2) is 11.0. The summed E-state index contributed by atoms with van der Waals surface area (Å²) in [6.07, 6.45) is -4.84. The lowest BCUT2D eigenvalue weighted by Crippen LogP contribution is -2.38. The standard InChI is InChI=1S/C22H28N10O12P2/c1-7-13-9(41-19(7)31-5-25-11-15(31)27-21(23)29-17(11)33)3-39-46(37,38)44-14-8(2)20(42-10(14)4-40-45(35,36)43-13)32-6-26-12-16(32)28-22(24)30-18(12)34/h5-10,13-14,19-20H,3-4H2,1-2H3,(H,35,36)(H,37,38)(H3,23,27,29,33)(H3,24,28,30,34)/p-2/t7?,8?,9-,10+,13-,14-,19-,20-/m1/s1. The molecule has 0 saturated carbocycles. The number of aromatic nitrogens is 8. The van der Waals surface area contributed by atoms with Gasteiger partial charge in [-0.05, 0) is 0 Å². The van der Waals surface area contributed by atoms with Crippen LogP contribution in [0.3, 0.4) is 0 Å². The Hall–Kier alpha value is -3.56. The first-order valence-electron chi connectivity index (χ1n) is 13.7. The van der Waals surface area contributed by atoms with Gasteiger partial charge >= 0.3 is 0 Å². The second-order valence-corrected chi connectivity index (χ2v) is 13.8. The van der Waals surface area contributed by atoms with Crippen LogP contribution < -0.4 is 32.4 Å². The molecule has 6 N–H and O–H groups in total. The molecule has 46 heavy (non-hydrogen) atoms. The maximum absolute atomic E-state index is 13.1. The Morgan fingerprint density at radius 2 is 1.17 bits per heavy atom. The predicted octanol–water partition coefficient (Wildman–Crippen LogP) is -1.76. The molecule has 0 amide bonds. The number of aromatic amines is 2. The van der Waals surface area contributed by atoms with Gasteiger partial charge in [0.15, 0.2) is 22.3 Å². The number of nitrogens with one attached hydrogen (secondary N) is 2. The number of phosphoric ester groups is 2. The Balaban J connectivity index is 1.18. The molecular weight excluding hydrogens is 658 g/mol. The van der Waals surface area contributed by atoms with E-state index in [4.69, 9.17) is 39.0 Å². The average Bonchev–Trinajstić information content (AvgIpc) is 3.72. The maximum Gasteiger partial charge on any atom is 0.280 e. The number of hydrogen-bond acceptors (Lipinski definition) is 18. The lowest BCUT2D eigenvalue weighted by atomic mass is 10.0. The number of ether oxygens (including phenoxy) is 2. The van der Waals surface area contributed by atoms with Gasteiger partial charge in [0, 0.05) is 11.8 Å². The van der Waals surface area contributed by atoms with Crippen LogP contribution in [0.25, 0.3) is 22.3 Å². The van der Waals surface area contributed by atoms with Crippen LogP contribution in [-0.4, -0.2) is 76.7 Å². The summed E-state index contributed by atoms with van der Waals surface area (Å²) in [7, 11) is -10.2. The van der Waals surface area contributed by atoms with Crippen LogP contribution >= 0.6 is 15.6 Å².